The van der Waals surface area contributed by atoms with Crippen molar-refractivity contribution in [3.8, 4) is 0 Å². The lowest BCUT2D eigenvalue weighted by atomic mass is 9.96. The van der Waals surface area contributed by atoms with Crippen molar-refractivity contribution in [2.45, 2.75) is 45.6 Å². The number of ether oxygens (including phenoxy) is 1. The summed E-state index contributed by atoms with van der Waals surface area (Å²) in [6.45, 7) is 8.51. The molecule has 0 aromatic carbocycles. The Labute approximate surface area is 112 Å². The van der Waals surface area contributed by atoms with Gasteiger partial charge in [0.25, 0.3) is 0 Å². The van der Waals surface area contributed by atoms with Gasteiger partial charge < -0.3 is 15.0 Å². The molecule has 0 radical (unpaired) electrons. The first kappa shape index (κ1) is 17.4. The lowest BCUT2D eigenvalue weighted by molar-refractivity contribution is -0.148. The van der Waals surface area contributed by atoms with Crippen LogP contribution in [-0.4, -0.2) is 50.7 Å². The predicted octanol–water partition coefficient (Wildman–Crippen LogP) is 1.90. The number of rotatable bonds is 9. The summed E-state index contributed by atoms with van der Waals surface area (Å²) in [5, 5.41) is 3.06. The second kappa shape index (κ2) is 8.48. The molecule has 0 aliphatic rings. The molecule has 108 valence electrons. The molecule has 0 saturated carbocycles. The maximum Gasteiger partial charge on any atom is 0.325 e. The molecule has 0 heterocycles. The van der Waals surface area contributed by atoms with Crippen LogP contribution in [0.5, 0.6) is 0 Å². The molecule has 18 heavy (non-hydrogen) atoms. The Morgan fingerprint density at radius 3 is 2.44 bits per heavy atom. The smallest absolute Gasteiger partial charge is 0.325 e. The zero-order valence-electron chi connectivity index (χ0n) is 12.9. The maximum atomic E-state index is 11.7. The van der Waals surface area contributed by atoms with E-state index >= 15 is 0 Å². The Hall–Kier alpha value is -0.610. The minimum absolute atomic E-state index is 0.185. The Balaban J connectivity index is 3.97. The Morgan fingerprint density at radius 1 is 1.39 bits per heavy atom. The van der Waals surface area contributed by atoms with Crippen molar-refractivity contribution in [2.24, 2.45) is 5.92 Å². The summed E-state index contributed by atoms with van der Waals surface area (Å²) in [6.07, 6.45) is 3.00. The molecule has 0 amide bonds. The van der Waals surface area contributed by atoms with Crippen LogP contribution in [-0.2, 0) is 9.53 Å². The van der Waals surface area contributed by atoms with Crippen molar-refractivity contribution in [3.63, 3.8) is 0 Å². The average Bonchev–Trinajstić information content (AvgIpc) is 2.34. The van der Waals surface area contributed by atoms with Crippen molar-refractivity contribution in [3.05, 3.63) is 0 Å². The van der Waals surface area contributed by atoms with Gasteiger partial charge in [-0.05, 0) is 59.3 Å². The lowest BCUT2D eigenvalue weighted by Crippen LogP contribution is -2.48. The van der Waals surface area contributed by atoms with Crippen LogP contribution in [0.3, 0.4) is 0 Å². The van der Waals surface area contributed by atoms with E-state index in [1.165, 1.54) is 13.5 Å². The summed E-state index contributed by atoms with van der Waals surface area (Å²) in [5.41, 5.74) is -0.562. The van der Waals surface area contributed by atoms with E-state index < -0.39 is 5.54 Å². The summed E-state index contributed by atoms with van der Waals surface area (Å²) in [4.78, 5) is 14.0. The first-order valence-electron chi connectivity index (χ1n) is 6.81. The fourth-order valence-corrected chi connectivity index (χ4v) is 1.85. The van der Waals surface area contributed by atoms with Gasteiger partial charge >= 0.3 is 5.97 Å². The number of nitrogens with one attached hydrogen (secondary N) is 1. The van der Waals surface area contributed by atoms with Gasteiger partial charge in [-0.25, -0.2) is 0 Å². The molecule has 4 nitrogen and oxygen atoms in total. The number of carbonyl (C=O) groups is 1. The van der Waals surface area contributed by atoms with E-state index in [0.29, 0.717) is 0 Å². The van der Waals surface area contributed by atoms with E-state index in [1.807, 2.05) is 6.92 Å². The van der Waals surface area contributed by atoms with Gasteiger partial charge in [-0.1, -0.05) is 13.8 Å². The van der Waals surface area contributed by atoms with Gasteiger partial charge in [0.2, 0.25) is 0 Å². The highest BCUT2D eigenvalue weighted by Crippen LogP contribution is 2.14. The minimum Gasteiger partial charge on any atom is -0.468 e. The van der Waals surface area contributed by atoms with Crippen LogP contribution in [0.15, 0.2) is 0 Å². The molecular weight excluding hydrogens is 228 g/mol. The van der Waals surface area contributed by atoms with Crippen molar-refractivity contribution < 1.29 is 9.53 Å². The summed E-state index contributed by atoms with van der Waals surface area (Å²) >= 11 is 0. The maximum absolute atomic E-state index is 11.7. The monoisotopic (exact) mass is 258 g/mol. The second-order valence-corrected chi connectivity index (χ2v) is 5.66. The van der Waals surface area contributed by atoms with Crippen LogP contribution in [0.2, 0.25) is 0 Å². The largest absolute Gasteiger partial charge is 0.468 e. The summed E-state index contributed by atoms with van der Waals surface area (Å²) < 4.78 is 4.83. The summed E-state index contributed by atoms with van der Waals surface area (Å²) in [5.74, 6) is 0.555. The molecule has 0 aromatic heterocycles. The van der Waals surface area contributed by atoms with Crippen LogP contribution in [0.1, 0.15) is 40.0 Å². The van der Waals surface area contributed by atoms with E-state index in [4.69, 9.17) is 4.74 Å². The van der Waals surface area contributed by atoms with Gasteiger partial charge in [-0.2, -0.15) is 0 Å². The molecule has 0 aromatic rings. The molecule has 0 saturated heterocycles. The number of hydrogen-bond donors (Lipinski definition) is 1. The van der Waals surface area contributed by atoms with E-state index in [-0.39, 0.29) is 5.97 Å². The third kappa shape index (κ3) is 6.36. The third-order valence-corrected chi connectivity index (χ3v) is 3.49. The van der Waals surface area contributed by atoms with Gasteiger partial charge in [-0.3, -0.25) is 4.79 Å². The van der Waals surface area contributed by atoms with Gasteiger partial charge in [0.05, 0.1) is 7.11 Å². The van der Waals surface area contributed by atoms with Crippen LogP contribution in [0.25, 0.3) is 0 Å². The quantitative estimate of drug-likeness (QED) is 0.641. The number of esters is 1. The molecule has 4 heteroatoms. The fraction of sp³-hybridized carbons (Fsp3) is 0.929. The number of carbonyl (C=O) groups excluding carboxylic acids is 1. The molecule has 0 bridgehead atoms. The van der Waals surface area contributed by atoms with Crippen LogP contribution < -0.4 is 5.32 Å². The summed E-state index contributed by atoms with van der Waals surface area (Å²) in [6, 6.07) is 0. The van der Waals surface area contributed by atoms with Crippen LogP contribution in [0.4, 0.5) is 0 Å². The first-order chi connectivity index (χ1) is 8.35. The number of nitrogens with zero attached hydrogens (tertiary/aromatic N) is 1. The molecular formula is C14H30N2O2. The SMILES string of the molecule is CNC(C)(CCCN(C)CCC(C)C)C(=O)OC. The standard InChI is InChI=1S/C14H30N2O2/c1-12(2)8-11-16(5)10-7-9-14(3,15-4)13(17)18-6/h12,15H,7-11H2,1-6H3. The minimum atomic E-state index is -0.562. The Bertz CT molecular complexity index is 244. The van der Waals surface area contributed by atoms with E-state index in [2.05, 4.69) is 31.1 Å². The van der Waals surface area contributed by atoms with Crippen molar-refractivity contribution >= 4 is 5.97 Å². The molecule has 1 unspecified atom stereocenters. The van der Waals surface area contributed by atoms with Crippen LogP contribution >= 0.6 is 0 Å². The van der Waals surface area contributed by atoms with E-state index in [1.54, 1.807) is 7.05 Å². The predicted molar refractivity (Wildman–Crippen MR) is 75.7 cm³/mol. The lowest BCUT2D eigenvalue weighted by Gasteiger charge is -2.27. The fourth-order valence-electron chi connectivity index (χ4n) is 1.85. The third-order valence-electron chi connectivity index (χ3n) is 3.49. The second-order valence-electron chi connectivity index (χ2n) is 5.66. The Kier molecular flexibility index (Phi) is 8.20. The zero-order valence-corrected chi connectivity index (χ0v) is 12.9. The van der Waals surface area contributed by atoms with Crippen molar-refractivity contribution in [1.29, 1.82) is 0 Å². The highest BCUT2D eigenvalue weighted by molar-refractivity contribution is 5.80. The normalized spacial score (nSPS) is 14.9. The first-order valence-corrected chi connectivity index (χ1v) is 6.81. The average molecular weight is 258 g/mol. The van der Waals surface area contributed by atoms with Crippen molar-refractivity contribution in [2.75, 3.05) is 34.3 Å². The highest BCUT2D eigenvalue weighted by Gasteiger charge is 2.31. The molecule has 0 rings (SSSR count). The van der Waals surface area contributed by atoms with Gasteiger partial charge in [-0.15, -0.1) is 0 Å². The van der Waals surface area contributed by atoms with E-state index in [0.717, 1.165) is 31.8 Å². The molecule has 0 fully saturated rings. The molecule has 0 spiro atoms. The molecule has 0 aliphatic carbocycles. The van der Waals surface area contributed by atoms with Crippen molar-refractivity contribution in [1.82, 2.24) is 10.2 Å². The summed E-state index contributed by atoms with van der Waals surface area (Å²) in [7, 11) is 5.38. The number of hydrogen-bond acceptors (Lipinski definition) is 4. The van der Waals surface area contributed by atoms with Crippen LogP contribution in [0, 0.1) is 5.92 Å². The molecule has 1 atom stereocenters. The van der Waals surface area contributed by atoms with E-state index in [9.17, 15) is 4.79 Å². The van der Waals surface area contributed by atoms with Gasteiger partial charge in [0.15, 0.2) is 0 Å². The number of methoxy groups -OCH3 is 1. The zero-order chi connectivity index (χ0) is 14.2. The van der Waals surface area contributed by atoms with Gasteiger partial charge in [0.1, 0.15) is 5.54 Å². The highest BCUT2D eigenvalue weighted by atomic mass is 16.5. The topological polar surface area (TPSA) is 41.6 Å². The Morgan fingerprint density at radius 2 is 2.00 bits per heavy atom. The molecule has 1 N–H and O–H groups in total. The van der Waals surface area contributed by atoms with Gasteiger partial charge in [0, 0.05) is 0 Å². The molecule has 0 aliphatic heterocycles. The number of likely N-dealkylation sites (N-methyl/N-ethyl adjacent to an activating group) is 1.